The maximum absolute atomic E-state index is 15.5. The van der Waals surface area contributed by atoms with E-state index < -0.39 is 124 Å². The lowest BCUT2D eigenvalue weighted by atomic mass is 10.0. The van der Waals surface area contributed by atoms with Gasteiger partial charge in [-0.05, 0) is 67.1 Å². The fourth-order valence-corrected chi connectivity index (χ4v) is 9.73. The molecule has 4 aromatic heterocycles. The summed E-state index contributed by atoms with van der Waals surface area (Å²) in [5.41, 5.74) is -4.70. The second kappa shape index (κ2) is 15.4. The number of carbonyl (C=O) groups is 1. The molecule has 330 valence electrons. The first-order valence-corrected chi connectivity index (χ1v) is 21.0. The third kappa shape index (κ3) is 7.78. The highest BCUT2D eigenvalue weighted by Crippen LogP contribution is 2.68. The summed E-state index contributed by atoms with van der Waals surface area (Å²) in [5, 5.41) is 8.98. The van der Waals surface area contributed by atoms with Gasteiger partial charge >= 0.3 is 0 Å². The van der Waals surface area contributed by atoms with E-state index in [0.717, 1.165) is 34.9 Å². The zero-order valence-corrected chi connectivity index (χ0v) is 33.4. The van der Waals surface area contributed by atoms with Crippen molar-refractivity contribution in [2.75, 3.05) is 4.72 Å². The zero-order chi connectivity index (χ0) is 44.9. The third-order valence-electron chi connectivity index (χ3n) is 11.0. The summed E-state index contributed by atoms with van der Waals surface area (Å²) < 4.78 is 162. The van der Waals surface area contributed by atoms with Gasteiger partial charge in [-0.15, -0.1) is 0 Å². The second-order valence-corrected chi connectivity index (χ2v) is 17.7. The predicted molar refractivity (Wildman–Crippen MR) is 206 cm³/mol. The molecule has 0 radical (unpaired) electrons. The number of hydrogen-bond acceptors (Lipinski definition) is 8. The van der Waals surface area contributed by atoms with E-state index in [1.165, 1.54) is 18.2 Å². The number of rotatable bonds is 14. The molecule has 24 heteroatoms. The highest BCUT2D eigenvalue weighted by molar-refractivity contribution is 7.93. The summed E-state index contributed by atoms with van der Waals surface area (Å²) in [6.07, 6.45) is -6.49. The van der Waals surface area contributed by atoms with Crippen LogP contribution in [0.2, 0.25) is 5.02 Å². The van der Waals surface area contributed by atoms with Crippen LogP contribution in [0, 0.1) is 23.5 Å². The van der Waals surface area contributed by atoms with Crippen LogP contribution in [0.1, 0.15) is 66.0 Å². The molecule has 2 fully saturated rings. The van der Waals surface area contributed by atoms with Gasteiger partial charge in [0.25, 0.3) is 24.3 Å². The third-order valence-corrected chi connectivity index (χ3v) is 13.1. The van der Waals surface area contributed by atoms with Gasteiger partial charge in [0.15, 0.2) is 5.82 Å². The van der Waals surface area contributed by atoms with Crippen LogP contribution in [0.25, 0.3) is 28.0 Å². The van der Waals surface area contributed by atoms with Crippen molar-refractivity contribution in [1.29, 1.82) is 0 Å². The van der Waals surface area contributed by atoms with E-state index in [1.54, 1.807) is 0 Å². The molecule has 0 aliphatic heterocycles. The summed E-state index contributed by atoms with van der Waals surface area (Å²) in [7, 11) is -4.10. The van der Waals surface area contributed by atoms with Gasteiger partial charge in [0.1, 0.15) is 41.9 Å². The fourth-order valence-electron chi connectivity index (χ4n) is 8.16. The molecule has 3 atom stereocenters. The minimum absolute atomic E-state index is 0.0638. The smallest absolute Gasteiger partial charge is 0.293 e. The summed E-state index contributed by atoms with van der Waals surface area (Å²) in [6.45, 7) is -2.29. The van der Waals surface area contributed by atoms with E-state index in [2.05, 4.69) is 30.2 Å². The fraction of sp³-hybridized carbons (Fsp3) is 0.333. The Morgan fingerprint density at radius 3 is 2.33 bits per heavy atom. The topological polar surface area (TPSA) is 159 Å². The van der Waals surface area contributed by atoms with Gasteiger partial charge in [0.2, 0.25) is 21.9 Å². The molecule has 3 aliphatic rings. The number of aromatic nitrogens is 7. The first kappa shape index (κ1) is 42.3. The van der Waals surface area contributed by atoms with E-state index in [1.807, 2.05) is 0 Å². The highest BCUT2D eigenvalue weighted by Gasteiger charge is 2.67. The molecule has 9 rings (SSSR count). The number of hydrogen-bond donors (Lipinski definition) is 2. The Balaban J connectivity index is 1.24. The van der Waals surface area contributed by atoms with Crippen LogP contribution in [-0.2, 0) is 40.3 Å². The molecule has 4 heterocycles. The average Bonchev–Trinajstić information content (AvgIpc) is 4.11. The van der Waals surface area contributed by atoms with Crippen molar-refractivity contribution < 1.29 is 52.7 Å². The van der Waals surface area contributed by atoms with Crippen LogP contribution in [0.4, 0.5) is 45.3 Å². The number of anilines is 1. The molecular weight excluding hydrogens is 897 g/mol. The molecule has 13 nitrogen and oxygen atoms in total. The van der Waals surface area contributed by atoms with Crippen LogP contribution in [0.15, 0.2) is 59.4 Å². The Hall–Kier alpha value is -5.97. The van der Waals surface area contributed by atoms with Crippen molar-refractivity contribution in [2.45, 2.75) is 74.8 Å². The Bertz CT molecular complexity index is 3010. The van der Waals surface area contributed by atoms with Crippen LogP contribution in [0.3, 0.4) is 0 Å². The first-order chi connectivity index (χ1) is 29.8. The normalized spacial score (nSPS) is 18.2. The molecule has 0 spiro atoms. The monoisotopic (exact) mass is 925 g/mol. The predicted octanol–water partition coefficient (Wildman–Crippen LogP) is 7.33. The van der Waals surface area contributed by atoms with Crippen molar-refractivity contribution in [1.82, 2.24) is 39.4 Å². The second-order valence-electron chi connectivity index (χ2n) is 15.4. The molecule has 0 bridgehead atoms. The van der Waals surface area contributed by atoms with Gasteiger partial charge < -0.3 is 5.32 Å². The SMILES string of the molecule is O=C(Cn1nc(C(F)F)c2c1C(F)(F)[C@@H]1C[C@H]21)N[C@@H](Cc1cc(F)cc(F)c1)c1nc(-c2cccc(F)n2)cc(=O)n1-c1ccc(Cl)c2c(NS(=O)(=O)C3CC3)nn(CC(F)F)c12. The van der Waals surface area contributed by atoms with E-state index >= 15 is 8.78 Å². The van der Waals surface area contributed by atoms with Crippen LogP contribution in [0.5, 0.6) is 0 Å². The Morgan fingerprint density at radius 1 is 0.937 bits per heavy atom. The lowest BCUT2D eigenvalue weighted by molar-refractivity contribution is -0.123. The quantitative estimate of drug-likeness (QED) is 0.0850. The first-order valence-electron chi connectivity index (χ1n) is 19.1. The number of benzene rings is 2. The molecular formula is C39H29ClF9N9O4S. The van der Waals surface area contributed by atoms with Crippen molar-refractivity contribution >= 4 is 44.3 Å². The van der Waals surface area contributed by atoms with Gasteiger partial charge in [0, 0.05) is 30.0 Å². The Kier molecular flexibility index (Phi) is 10.3. The maximum Gasteiger partial charge on any atom is 0.293 e. The molecule has 3 aliphatic carbocycles. The van der Waals surface area contributed by atoms with Gasteiger partial charge in [-0.25, -0.2) is 44.7 Å². The van der Waals surface area contributed by atoms with E-state index in [9.17, 15) is 48.7 Å². The zero-order valence-electron chi connectivity index (χ0n) is 31.9. The van der Waals surface area contributed by atoms with Gasteiger partial charge in [0.05, 0.1) is 44.3 Å². The summed E-state index contributed by atoms with van der Waals surface area (Å²) >= 11 is 6.57. The van der Waals surface area contributed by atoms with E-state index in [4.69, 9.17) is 11.6 Å². The minimum atomic E-state index is -4.10. The largest absolute Gasteiger partial charge is 0.344 e. The summed E-state index contributed by atoms with van der Waals surface area (Å²) in [5.74, 6) is -11.2. The summed E-state index contributed by atoms with van der Waals surface area (Å²) in [4.78, 5) is 36.9. The maximum atomic E-state index is 15.5. The standard InChI is InChI=1S/C39H29ClF9N9O4S/c40-22-6-7-26(34-32(22)37(54-56(34)14-27(43)44)55-63(61,62)19-4-5-19)58-30(60)13-24(23-2-1-3-28(45)50-23)52-38(58)25(10-16-8-17(41)11-18(42)9-16)51-29(59)15-57-35-31(33(53-57)36(46)47)20-12-21(20)39(35,48)49/h1-3,6-9,11,13,19-21,25,27,36H,4-5,10,12,14-15H2,(H,51,59)(H,54,55)/t20-,21+,25-/m0/s1. The minimum Gasteiger partial charge on any atom is -0.344 e. The van der Waals surface area contributed by atoms with Crippen molar-refractivity contribution in [3.8, 4) is 17.1 Å². The number of halogens is 10. The highest BCUT2D eigenvalue weighted by atomic mass is 35.5. The van der Waals surface area contributed by atoms with Crippen molar-refractivity contribution in [3.63, 3.8) is 0 Å². The number of carbonyl (C=O) groups excluding carboxylic acids is 1. The Morgan fingerprint density at radius 2 is 1.67 bits per heavy atom. The number of amides is 1. The van der Waals surface area contributed by atoms with Gasteiger partial charge in [-0.3, -0.25) is 28.2 Å². The number of nitrogens with zero attached hydrogens (tertiary/aromatic N) is 7. The number of pyridine rings is 1. The molecule has 2 aromatic carbocycles. The molecule has 0 unspecified atom stereocenters. The summed E-state index contributed by atoms with van der Waals surface area (Å²) in [6, 6.07) is 7.18. The average molecular weight is 926 g/mol. The molecule has 63 heavy (non-hydrogen) atoms. The van der Waals surface area contributed by atoms with Gasteiger partial charge in [-0.1, -0.05) is 17.7 Å². The van der Waals surface area contributed by atoms with E-state index in [0.29, 0.717) is 28.3 Å². The number of fused-ring (bicyclic) bond motifs is 4. The van der Waals surface area contributed by atoms with E-state index in [-0.39, 0.29) is 50.5 Å². The number of nitrogens with one attached hydrogen (secondary N) is 2. The Labute approximate surface area is 353 Å². The number of alkyl halides is 6. The van der Waals surface area contributed by atoms with Crippen molar-refractivity contribution in [2.24, 2.45) is 5.92 Å². The molecule has 2 N–H and O–H groups in total. The molecule has 2 saturated carbocycles. The van der Waals surface area contributed by atoms with Gasteiger partial charge in [-0.2, -0.15) is 23.4 Å². The van der Waals surface area contributed by atoms with Crippen LogP contribution < -0.4 is 15.6 Å². The van der Waals surface area contributed by atoms with Crippen LogP contribution >= 0.6 is 11.6 Å². The van der Waals surface area contributed by atoms with Crippen LogP contribution in [-0.4, -0.2) is 60.1 Å². The van der Waals surface area contributed by atoms with Crippen molar-refractivity contribution in [3.05, 3.63) is 116 Å². The number of sulfonamides is 1. The lowest BCUT2D eigenvalue weighted by Gasteiger charge is -2.24. The molecule has 1 amide bonds. The molecule has 6 aromatic rings. The lowest BCUT2D eigenvalue weighted by Crippen LogP contribution is -2.38. The molecule has 0 saturated heterocycles.